The van der Waals surface area contributed by atoms with Crippen molar-refractivity contribution in [3.05, 3.63) is 29.8 Å². The van der Waals surface area contributed by atoms with Crippen LogP contribution in [0, 0.1) is 5.41 Å². The predicted octanol–water partition coefficient (Wildman–Crippen LogP) is 2.93. The van der Waals surface area contributed by atoms with Crippen LogP contribution in [0.1, 0.15) is 38.2 Å². The van der Waals surface area contributed by atoms with E-state index in [4.69, 9.17) is 5.73 Å². The van der Waals surface area contributed by atoms with Crippen molar-refractivity contribution in [2.24, 2.45) is 16.1 Å². The number of guanidine groups is 1. The third kappa shape index (κ3) is 4.63. The molecule has 1 aromatic carbocycles. The Labute approximate surface area is 137 Å². The molecule has 0 aromatic heterocycles. The minimum Gasteiger partial charge on any atom is -0.396 e. The molecule has 0 atom stereocenters. The third-order valence-corrected chi connectivity index (χ3v) is 3.70. The number of aliphatic imine (C=N–C) groups is 1. The minimum atomic E-state index is 0. The molecule has 1 saturated carbocycles. The van der Waals surface area contributed by atoms with Gasteiger partial charge in [-0.15, -0.1) is 24.0 Å². The number of aliphatic hydroxyl groups is 1. The lowest BCUT2D eigenvalue weighted by Gasteiger charge is -2.11. The van der Waals surface area contributed by atoms with Gasteiger partial charge in [-0.25, -0.2) is 0 Å². The molecule has 0 saturated heterocycles. The van der Waals surface area contributed by atoms with Gasteiger partial charge in [-0.3, -0.25) is 4.99 Å². The molecule has 4 nitrogen and oxygen atoms in total. The van der Waals surface area contributed by atoms with E-state index in [1.165, 1.54) is 5.56 Å². The maximum absolute atomic E-state index is 9.23. The van der Waals surface area contributed by atoms with Gasteiger partial charge in [0.2, 0.25) is 0 Å². The van der Waals surface area contributed by atoms with Gasteiger partial charge in [0.05, 0.1) is 13.2 Å². The first kappa shape index (κ1) is 17.2. The molecule has 0 amide bonds. The number of halogens is 1. The molecule has 5 heteroatoms. The molecule has 1 aliphatic carbocycles. The number of rotatable bonds is 5. The summed E-state index contributed by atoms with van der Waals surface area (Å²) in [6.07, 6.45) is 2.09. The molecule has 4 N–H and O–H groups in total. The van der Waals surface area contributed by atoms with Crippen LogP contribution < -0.4 is 11.1 Å². The summed E-state index contributed by atoms with van der Waals surface area (Å²) >= 11 is 0. The number of nitrogens with one attached hydrogen (secondary N) is 1. The molecule has 1 fully saturated rings. The molecule has 20 heavy (non-hydrogen) atoms. The summed E-state index contributed by atoms with van der Waals surface area (Å²) in [4.78, 5) is 4.32. The highest BCUT2D eigenvalue weighted by Gasteiger charge is 2.41. The highest BCUT2D eigenvalue weighted by atomic mass is 127. The summed E-state index contributed by atoms with van der Waals surface area (Å²) in [7, 11) is 0. The third-order valence-electron chi connectivity index (χ3n) is 3.70. The van der Waals surface area contributed by atoms with Gasteiger partial charge in [-0.1, -0.05) is 26.0 Å². The molecule has 0 unspecified atom stereocenters. The van der Waals surface area contributed by atoms with Gasteiger partial charge in [0, 0.05) is 11.1 Å². The van der Waals surface area contributed by atoms with E-state index >= 15 is 0 Å². The summed E-state index contributed by atoms with van der Waals surface area (Å²) in [5.74, 6) is 0.907. The predicted molar refractivity (Wildman–Crippen MR) is 94.8 cm³/mol. The van der Waals surface area contributed by atoms with E-state index in [0.717, 1.165) is 18.5 Å². The summed E-state index contributed by atoms with van der Waals surface area (Å²) in [5, 5.41) is 12.3. The van der Waals surface area contributed by atoms with Gasteiger partial charge in [-0.05, 0) is 36.5 Å². The van der Waals surface area contributed by atoms with Gasteiger partial charge in [-0.2, -0.15) is 0 Å². The zero-order valence-corrected chi connectivity index (χ0v) is 14.4. The molecular weight excluding hydrogens is 365 g/mol. The van der Waals surface area contributed by atoms with E-state index in [-0.39, 0.29) is 36.0 Å². The Balaban J connectivity index is 0.00000200. The van der Waals surface area contributed by atoms with Crippen molar-refractivity contribution < 1.29 is 5.11 Å². The second-order valence-electron chi connectivity index (χ2n) is 5.76. The van der Waals surface area contributed by atoms with Crippen LogP contribution in [-0.4, -0.2) is 24.2 Å². The van der Waals surface area contributed by atoms with Gasteiger partial charge in [0.1, 0.15) is 0 Å². The second-order valence-corrected chi connectivity index (χ2v) is 5.76. The number of benzene rings is 1. The molecule has 2 rings (SSSR count). The SMILES string of the molecule is CC(C)c1cccc(NC(N)=NCC2(CO)CC2)c1.I. The van der Waals surface area contributed by atoms with Crippen LogP contribution in [0.4, 0.5) is 5.69 Å². The second kappa shape index (κ2) is 7.26. The molecule has 0 radical (unpaired) electrons. The van der Waals surface area contributed by atoms with E-state index in [0.29, 0.717) is 18.4 Å². The maximum Gasteiger partial charge on any atom is 0.193 e. The standard InChI is InChI=1S/C15H23N3O.HI/c1-11(2)12-4-3-5-13(8-12)18-14(16)17-9-15(10-19)6-7-15;/h3-5,8,11,19H,6-7,9-10H2,1-2H3,(H3,16,17,18);1H. The van der Waals surface area contributed by atoms with Crippen molar-refractivity contribution in [1.82, 2.24) is 0 Å². The normalized spacial score (nSPS) is 16.7. The lowest BCUT2D eigenvalue weighted by Crippen LogP contribution is -2.24. The van der Waals surface area contributed by atoms with E-state index in [9.17, 15) is 5.11 Å². The molecule has 0 aliphatic heterocycles. The highest BCUT2D eigenvalue weighted by Crippen LogP contribution is 2.45. The summed E-state index contributed by atoms with van der Waals surface area (Å²) < 4.78 is 0. The van der Waals surface area contributed by atoms with Crippen molar-refractivity contribution in [2.75, 3.05) is 18.5 Å². The molecule has 112 valence electrons. The Kier molecular flexibility index (Phi) is 6.26. The van der Waals surface area contributed by atoms with E-state index in [2.05, 4.69) is 36.3 Å². The first-order valence-corrected chi connectivity index (χ1v) is 6.82. The quantitative estimate of drug-likeness (QED) is 0.412. The number of anilines is 1. The summed E-state index contributed by atoms with van der Waals surface area (Å²) in [6.45, 7) is 5.13. The lowest BCUT2D eigenvalue weighted by atomic mass is 10.0. The minimum absolute atomic E-state index is 0. The smallest absolute Gasteiger partial charge is 0.193 e. The molecule has 0 heterocycles. The zero-order chi connectivity index (χ0) is 13.9. The van der Waals surface area contributed by atoms with Gasteiger partial charge >= 0.3 is 0 Å². The molecular formula is C15H24IN3O. The monoisotopic (exact) mass is 389 g/mol. The van der Waals surface area contributed by atoms with Crippen LogP contribution in [-0.2, 0) is 0 Å². The van der Waals surface area contributed by atoms with Crippen LogP contribution in [0.25, 0.3) is 0 Å². The lowest BCUT2D eigenvalue weighted by molar-refractivity contribution is 0.217. The van der Waals surface area contributed by atoms with Crippen molar-refractivity contribution in [3.63, 3.8) is 0 Å². The average Bonchev–Trinajstić information content (AvgIpc) is 3.17. The van der Waals surface area contributed by atoms with Crippen molar-refractivity contribution in [2.45, 2.75) is 32.6 Å². The fraction of sp³-hybridized carbons (Fsp3) is 0.533. The number of nitrogens with zero attached hydrogens (tertiary/aromatic N) is 1. The maximum atomic E-state index is 9.23. The number of nitrogens with two attached hydrogens (primary N) is 1. The van der Waals surface area contributed by atoms with Crippen LogP contribution in [0.15, 0.2) is 29.3 Å². The van der Waals surface area contributed by atoms with Gasteiger partial charge in [0.25, 0.3) is 0 Å². The Morgan fingerprint density at radius 1 is 1.45 bits per heavy atom. The van der Waals surface area contributed by atoms with Crippen LogP contribution >= 0.6 is 24.0 Å². The Hall–Kier alpha value is -0.820. The average molecular weight is 389 g/mol. The first-order chi connectivity index (χ1) is 9.04. The highest BCUT2D eigenvalue weighted by molar-refractivity contribution is 14.0. The van der Waals surface area contributed by atoms with E-state index in [1.54, 1.807) is 0 Å². The van der Waals surface area contributed by atoms with Crippen molar-refractivity contribution in [1.29, 1.82) is 0 Å². The number of hydrogen-bond donors (Lipinski definition) is 3. The number of hydrogen-bond acceptors (Lipinski definition) is 2. The Morgan fingerprint density at radius 2 is 2.15 bits per heavy atom. The van der Waals surface area contributed by atoms with Gasteiger partial charge in [0.15, 0.2) is 5.96 Å². The number of aliphatic hydroxyl groups excluding tert-OH is 1. The Morgan fingerprint density at radius 3 is 2.70 bits per heavy atom. The summed E-state index contributed by atoms with van der Waals surface area (Å²) in [6, 6.07) is 8.19. The van der Waals surface area contributed by atoms with E-state index < -0.39 is 0 Å². The zero-order valence-electron chi connectivity index (χ0n) is 12.1. The fourth-order valence-electron chi connectivity index (χ4n) is 1.96. The molecule has 0 spiro atoms. The summed E-state index contributed by atoms with van der Waals surface area (Å²) in [5.41, 5.74) is 8.11. The Bertz CT molecular complexity index is 470. The van der Waals surface area contributed by atoms with Crippen molar-refractivity contribution in [3.8, 4) is 0 Å². The molecule has 1 aromatic rings. The van der Waals surface area contributed by atoms with Crippen LogP contribution in [0.3, 0.4) is 0 Å². The first-order valence-electron chi connectivity index (χ1n) is 6.82. The topological polar surface area (TPSA) is 70.6 Å². The van der Waals surface area contributed by atoms with Gasteiger partial charge < -0.3 is 16.2 Å². The largest absolute Gasteiger partial charge is 0.396 e. The molecule has 1 aliphatic rings. The van der Waals surface area contributed by atoms with Crippen LogP contribution in [0.5, 0.6) is 0 Å². The van der Waals surface area contributed by atoms with Crippen molar-refractivity contribution >= 4 is 35.6 Å². The molecule has 0 bridgehead atoms. The fourth-order valence-corrected chi connectivity index (χ4v) is 1.96. The van der Waals surface area contributed by atoms with E-state index in [1.807, 2.05) is 12.1 Å². The van der Waals surface area contributed by atoms with Crippen LogP contribution in [0.2, 0.25) is 0 Å².